The van der Waals surface area contributed by atoms with E-state index in [0.717, 1.165) is 12.1 Å². The van der Waals surface area contributed by atoms with Gasteiger partial charge in [0.15, 0.2) is 4.90 Å². The minimum absolute atomic E-state index is 0.0461. The van der Waals surface area contributed by atoms with Gasteiger partial charge >= 0.3 is 5.69 Å². The Hall–Kier alpha value is -0.730. The second-order valence-electron chi connectivity index (χ2n) is 2.43. The summed E-state index contributed by atoms with van der Waals surface area (Å²) in [5.41, 5.74) is -1.16. The van der Waals surface area contributed by atoms with Crippen molar-refractivity contribution in [1.29, 1.82) is 0 Å². The molecule has 0 saturated heterocycles. The fourth-order valence-electron chi connectivity index (χ4n) is 0.905. The van der Waals surface area contributed by atoms with Gasteiger partial charge in [0.25, 0.3) is 9.05 Å². The molecular weight excluding hydrogens is 316 g/mol. The standard InChI is InChI=1S/C6H2BrClFNO4S/c7-3-1-4(9)6(10(11)12)5(2-3)15(8,13)14/h1-2H. The van der Waals surface area contributed by atoms with Crippen molar-refractivity contribution in [2.24, 2.45) is 0 Å². The molecule has 82 valence electrons. The summed E-state index contributed by atoms with van der Waals surface area (Å²) >= 11 is 2.80. The zero-order valence-corrected chi connectivity index (χ0v) is 9.94. The zero-order valence-electron chi connectivity index (χ0n) is 6.78. The quantitative estimate of drug-likeness (QED) is 0.476. The van der Waals surface area contributed by atoms with Crippen molar-refractivity contribution in [2.45, 2.75) is 4.90 Å². The fraction of sp³-hybridized carbons (Fsp3) is 0. The van der Waals surface area contributed by atoms with Gasteiger partial charge in [0, 0.05) is 15.2 Å². The molecular formula is C6H2BrClFNO4S. The lowest BCUT2D eigenvalue weighted by Crippen LogP contribution is -2.01. The van der Waals surface area contributed by atoms with E-state index in [0.29, 0.717) is 0 Å². The molecule has 0 amide bonds. The third-order valence-corrected chi connectivity index (χ3v) is 3.23. The average Bonchev–Trinajstić information content (AvgIpc) is 1.99. The molecule has 0 N–H and O–H groups in total. The van der Waals surface area contributed by atoms with Crippen molar-refractivity contribution in [1.82, 2.24) is 0 Å². The van der Waals surface area contributed by atoms with Crippen LogP contribution in [0.15, 0.2) is 21.5 Å². The molecule has 0 aliphatic carbocycles. The first kappa shape index (κ1) is 12.3. The second kappa shape index (κ2) is 4.03. The number of halogens is 3. The molecule has 0 aliphatic heterocycles. The van der Waals surface area contributed by atoms with Gasteiger partial charge < -0.3 is 0 Å². The Balaban J connectivity index is 3.70. The van der Waals surface area contributed by atoms with Gasteiger partial charge in [-0.1, -0.05) is 15.9 Å². The first-order valence-corrected chi connectivity index (χ1v) is 6.42. The highest BCUT2D eigenvalue weighted by atomic mass is 79.9. The summed E-state index contributed by atoms with van der Waals surface area (Å²) in [4.78, 5) is 8.41. The van der Waals surface area contributed by atoms with Crippen LogP contribution in [0.25, 0.3) is 0 Å². The monoisotopic (exact) mass is 317 g/mol. The van der Waals surface area contributed by atoms with Gasteiger partial charge in [-0.25, -0.2) is 8.42 Å². The van der Waals surface area contributed by atoms with Crippen molar-refractivity contribution in [3.05, 3.63) is 32.5 Å². The van der Waals surface area contributed by atoms with E-state index >= 15 is 0 Å². The second-order valence-corrected chi connectivity index (χ2v) is 5.88. The van der Waals surface area contributed by atoms with Gasteiger partial charge in [0.1, 0.15) is 0 Å². The minimum Gasteiger partial charge on any atom is -0.258 e. The van der Waals surface area contributed by atoms with Crippen LogP contribution < -0.4 is 0 Å². The maximum Gasteiger partial charge on any atom is 0.324 e. The molecule has 1 aromatic carbocycles. The predicted molar refractivity (Wildman–Crippen MR) is 53.8 cm³/mol. The molecule has 5 nitrogen and oxygen atoms in total. The summed E-state index contributed by atoms with van der Waals surface area (Å²) in [6.07, 6.45) is 0. The van der Waals surface area contributed by atoms with E-state index in [1.165, 1.54) is 0 Å². The lowest BCUT2D eigenvalue weighted by molar-refractivity contribution is -0.390. The van der Waals surface area contributed by atoms with Gasteiger partial charge in [0.2, 0.25) is 5.82 Å². The van der Waals surface area contributed by atoms with Crippen LogP contribution in [0.2, 0.25) is 0 Å². The average molecular weight is 319 g/mol. The first-order chi connectivity index (χ1) is 6.73. The van der Waals surface area contributed by atoms with Crippen molar-refractivity contribution in [2.75, 3.05) is 0 Å². The van der Waals surface area contributed by atoms with Gasteiger partial charge in [-0.15, -0.1) is 0 Å². The molecule has 15 heavy (non-hydrogen) atoms. The Morgan fingerprint density at radius 2 is 2.00 bits per heavy atom. The Morgan fingerprint density at radius 3 is 2.40 bits per heavy atom. The van der Waals surface area contributed by atoms with Crippen LogP contribution in [-0.4, -0.2) is 13.3 Å². The topological polar surface area (TPSA) is 77.3 Å². The highest BCUT2D eigenvalue weighted by Crippen LogP contribution is 2.32. The van der Waals surface area contributed by atoms with Gasteiger partial charge in [-0.05, 0) is 12.1 Å². The molecule has 0 atom stereocenters. The maximum absolute atomic E-state index is 13.1. The number of hydrogen-bond donors (Lipinski definition) is 0. The number of rotatable bonds is 2. The first-order valence-electron chi connectivity index (χ1n) is 3.31. The summed E-state index contributed by atoms with van der Waals surface area (Å²) in [6.45, 7) is 0. The van der Waals surface area contributed by atoms with E-state index in [4.69, 9.17) is 10.7 Å². The van der Waals surface area contributed by atoms with Crippen LogP contribution in [0.5, 0.6) is 0 Å². The Labute approximate surface area is 96.5 Å². The van der Waals surface area contributed by atoms with Crippen LogP contribution in [0.1, 0.15) is 0 Å². The molecule has 1 aromatic rings. The highest BCUT2D eigenvalue weighted by molar-refractivity contribution is 9.10. The normalized spacial score (nSPS) is 11.4. The Morgan fingerprint density at radius 1 is 1.47 bits per heavy atom. The largest absolute Gasteiger partial charge is 0.324 e. The fourth-order valence-corrected chi connectivity index (χ4v) is 2.51. The van der Waals surface area contributed by atoms with Gasteiger partial charge in [0.05, 0.1) is 4.92 Å². The molecule has 0 saturated carbocycles. The molecule has 0 heterocycles. The molecule has 0 unspecified atom stereocenters. The molecule has 0 aromatic heterocycles. The summed E-state index contributed by atoms with van der Waals surface area (Å²) < 4.78 is 35.0. The van der Waals surface area contributed by atoms with E-state index in [9.17, 15) is 22.9 Å². The predicted octanol–water partition coefficient (Wildman–Crippen LogP) is 2.42. The molecule has 9 heteroatoms. The van der Waals surface area contributed by atoms with Crippen LogP contribution in [0.3, 0.4) is 0 Å². The van der Waals surface area contributed by atoms with Crippen molar-refractivity contribution >= 4 is 41.4 Å². The number of benzene rings is 1. The van der Waals surface area contributed by atoms with E-state index in [1.54, 1.807) is 0 Å². The SMILES string of the molecule is O=[N+]([O-])c1c(F)cc(Br)cc1S(=O)(=O)Cl. The lowest BCUT2D eigenvalue weighted by atomic mass is 10.3. The van der Waals surface area contributed by atoms with E-state index in [1.807, 2.05) is 0 Å². The van der Waals surface area contributed by atoms with E-state index in [-0.39, 0.29) is 4.47 Å². The van der Waals surface area contributed by atoms with Crippen LogP contribution in [0.4, 0.5) is 10.1 Å². The van der Waals surface area contributed by atoms with Crippen molar-refractivity contribution < 1.29 is 17.7 Å². The molecule has 0 fully saturated rings. The molecule has 0 spiro atoms. The highest BCUT2D eigenvalue weighted by Gasteiger charge is 2.29. The van der Waals surface area contributed by atoms with Crippen LogP contribution in [0, 0.1) is 15.9 Å². The summed E-state index contributed by atoms with van der Waals surface area (Å²) in [7, 11) is 0.569. The third-order valence-electron chi connectivity index (χ3n) is 1.44. The summed E-state index contributed by atoms with van der Waals surface area (Å²) in [6, 6.07) is 1.65. The summed E-state index contributed by atoms with van der Waals surface area (Å²) in [5, 5.41) is 10.4. The number of nitrogens with zero attached hydrogens (tertiary/aromatic N) is 1. The van der Waals surface area contributed by atoms with Gasteiger partial charge in [-0.2, -0.15) is 4.39 Å². The Kier molecular flexibility index (Phi) is 3.31. The smallest absolute Gasteiger partial charge is 0.258 e. The van der Waals surface area contributed by atoms with E-state index in [2.05, 4.69) is 15.9 Å². The minimum atomic E-state index is -4.36. The number of hydrogen-bond acceptors (Lipinski definition) is 4. The lowest BCUT2D eigenvalue weighted by Gasteiger charge is -2.00. The van der Waals surface area contributed by atoms with Crippen LogP contribution in [-0.2, 0) is 9.05 Å². The molecule has 1 rings (SSSR count). The summed E-state index contributed by atoms with van der Waals surface area (Å²) in [5.74, 6) is -1.27. The molecule has 0 bridgehead atoms. The van der Waals surface area contributed by atoms with Crippen molar-refractivity contribution in [3.8, 4) is 0 Å². The molecule has 0 radical (unpaired) electrons. The number of nitro groups is 1. The maximum atomic E-state index is 13.1. The van der Waals surface area contributed by atoms with Crippen molar-refractivity contribution in [3.63, 3.8) is 0 Å². The van der Waals surface area contributed by atoms with Crippen LogP contribution >= 0.6 is 26.6 Å². The Bertz CT molecular complexity index is 532. The van der Waals surface area contributed by atoms with Gasteiger partial charge in [-0.3, -0.25) is 10.1 Å². The zero-order chi connectivity index (χ0) is 11.8. The molecule has 0 aliphatic rings. The third kappa shape index (κ3) is 2.64. The number of nitro benzene ring substituents is 1. The van der Waals surface area contributed by atoms with E-state index < -0.39 is 30.4 Å².